The van der Waals surface area contributed by atoms with E-state index in [9.17, 15) is 14.4 Å². The van der Waals surface area contributed by atoms with Gasteiger partial charge in [0.05, 0.1) is 48.2 Å². The summed E-state index contributed by atoms with van der Waals surface area (Å²) in [5, 5.41) is 0.869. The molecule has 11 heteroatoms. The number of fused-ring (bicyclic) bond motifs is 1. The van der Waals surface area contributed by atoms with Gasteiger partial charge in [0.1, 0.15) is 12.4 Å². The summed E-state index contributed by atoms with van der Waals surface area (Å²) in [6.45, 7) is 3.34. The molecular formula is C31H29Cl2FN2O6. The van der Waals surface area contributed by atoms with Crippen LogP contribution in [0.3, 0.4) is 0 Å². The maximum Gasteiger partial charge on any atom is 0.332 e. The lowest BCUT2D eigenvalue weighted by Gasteiger charge is -2.40. The van der Waals surface area contributed by atoms with Gasteiger partial charge < -0.3 is 14.2 Å². The van der Waals surface area contributed by atoms with Crippen molar-refractivity contribution in [1.29, 1.82) is 0 Å². The van der Waals surface area contributed by atoms with E-state index in [0.29, 0.717) is 21.3 Å². The lowest BCUT2D eigenvalue weighted by molar-refractivity contribution is -0.152. The first-order chi connectivity index (χ1) is 20.1. The number of halogens is 3. The van der Waals surface area contributed by atoms with E-state index >= 15 is 4.39 Å². The number of pyridine rings is 1. The second-order valence-electron chi connectivity index (χ2n) is 10.5. The summed E-state index contributed by atoms with van der Waals surface area (Å²) in [7, 11) is 0. The molecule has 1 fully saturated rings. The van der Waals surface area contributed by atoms with Crippen LogP contribution in [0.25, 0.3) is 0 Å². The van der Waals surface area contributed by atoms with Crippen molar-refractivity contribution in [3.05, 3.63) is 98.5 Å². The number of ketones is 1. The number of rotatable bonds is 12. The van der Waals surface area contributed by atoms with Crippen molar-refractivity contribution in [2.75, 3.05) is 26.4 Å². The Hall–Kier alpha value is -3.37. The molecule has 1 aromatic heterocycles. The highest BCUT2D eigenvalue weighted by molar-refractivity contribution is 6.30. The molecular weight excluding hydrogens is 586 g/mol. The van der Waals surface area contributed by atoms with Crippen molar-refractivity contribution in [3.8, 4) is 0 Å². The van der Waals surface area contributed by atoms with Gasteiger partial charge in [0.25, 0.3) is 5.91 Å². The van der Waals surface area contributed by atoms with Gasteiger partial charge in [0, 0.05) is 27.8 Å². The third-order valence-electron chi connectivity index (χ3n) is 7.51. The maximum atomic E-state index is 16.2. The van der Waals surface area contributed by atoms with Gasteiger partial charge >= 0.3 is 5.97 Å². The van der Waals surface area contributed by atoms with Gasteiger partial charge in [-0.2, -0.15) is 0 Å². The first-order valence-electron chi connectivity index (χ1n) is 13.5. The van der Waals surface area contributed by atoms with Crippen LogP contribution in [-0.4, -0.2) is 54.0 Å². The predicted molar refractivity (Wildman–Crippen MR) is 153 cm³/mol. The lowest BCUT2D eigenvalue weighted by atomic mass is 9.91. The highest BCUT2D eigenvalue weighted by Crippen LogP contribution is 2.52. The van der Waals surface area contributed by atoms with Gasteiger partial charge in [-0.15, -0.1) is 0 Å². The number of esters is 1. The zero-order chi connectivity index (χ0) is 30.1. The molecule has 2 aromatic carbocycles. The molecule has 0 radical (unpaired) electrons. The number of carbonyl (C=O) groups excluding carboxylic acids is 3. The first-order valence-corrected chi connectivity index (χ1v) is 14.2. The molecule has 0 bridgehead atoms. The zero-order valence-electron chi connectivity index (χ0n) is 23.1. The molecule has 1 amide bonds. The van der Waals surface area contributed by atoms with E-state index in [2.05, 4.69) is 4.98 Å². The van der Waals surface area contributed by atoms with Crippen LogP contribution >= 0.6 is 23.2 Å². The average Bonchev–Trinajstić information content (AvgIpc) is 3.69. The first kappa shape index (κ1) is 30.1. The van der Waals surface area contributed by atoms with Crippen LogP contribution in [0, 0.1) is 11.2 Å². The predicted octanol–water partition coefficient (Wildman–Crippen LogP) is 5.96. The van der Waals surface area contributed by atoms with Crippen LogP contribution in [-0.2, 0) is 31.3 Å². The van der Waals surface area contributed by atoms with Gasteiger partial charge in [-0.05, 0) is 63.1 Å². The minimum atomic E-state index is -1.73. The molecule has 2 heterocycles. The van der Waals surface area contributed by atoms with Crippen molar-refractivity contribution in [3.63, 3.8) is 0 Å². The van der Waals surface area contributed by atoms with Crippen molar-refractivity contribution in [2.24, 2.45) is 5.41 Å². The molecule has 42 heavy (non-hydrogen) atoms. The number of nitrogens with zero attached hydrogens (tertiary/aromatic N) is 2. The van der Waals surface area contributed by atoms with Gasteiger partial charge in [-0.3, -0.25) is 19.5 Å². The fourth-order valence-corrected chi connectivity index (χ4v) is 5.36. The number of ether oxygens (including phenoxy) is 3. The summed E-state index contributed by atoms with van der Waals surface area (Å²) < 4.78 is 33.5. The Kier molecular flexibility index (Phi) is 8.66. The van der Waals surface area contributed by atoms with Crippen LogP contribution in [0.4, 0.5) is 4.39 Å². The molecule has 0 saturated heterocycles. The summed E-state index contributed by atoms with van der Waals surface area (Å²) in [4.78, 5) is 43.9. The van der Waals surface area contributed by atoms with Crippen LogP contribution < -0.4 is 0 Å². The second-order valence-corrected chi connectivity index (χ2v) is 11.4. The number of hydrogen-bond donors (Lipinski definition) is 0. The third-order valence-corrected chi connectivity index (χ3v) is 7.99. The van der Waals surface area contributed by atoms with Crippen molar-refractivity contribution in [1.82, 2.24) is 9.88 Å². The van der Waals surface area contributed by atoms with Crippen LogP contribution in [0.2, 0.25) is 10.0 Å². The van der Waals surface area contributed by atoms with Gasteiger partial charge in [-0.1, -0.05) is 35.3 Å². The lowest BCUT2D eigenvalue weighted by Crippen LogP contribution is -2.48. The summed E-state index contributed by atoms with van der Waals surface area (Å²) in [6, 6.07) is 12.5. The maximum absolute atomic E-state index is 16.2. The average molecular weight is 615 g/mol. The molecule has 2 aliphatic rings. The molecule has 1 aliphatic heterocycles. The number of benzene rings is 2. The quantitative estimate of drug-likeness (QED) is 0.183. The van der Waals surface area contributed by atoms with E-state index in [1.54, 1.807) is 43.3 Å². The Balaban J connectivity index is 1.59. The number of aromatic nitrogens is 1. The Labute approximate surface area is 252 Å². The van der Waals surface area contributed by atoms with E-state index in [-0.39, 0.29) is 55.4 Å². The normalized spacial score (nSPS) is 18.6. The third kappa shape index (κ3) is 5.92. The van der Waals surface area contributed by atoms with Crippen LogP contribution in [0.5, 0.6) is 0 Å². The molecule has 0 unspecified atom stereocenters. The standard InChI is InChI=1S/C31H29Cl2FN2O6/c1-3-41-27(38)16-40-17-30(10-11-30)18-42-31(21-4-6-22(32)7-5-21)28-25(12-20(19(2)37)13-26(28)34)29(39)36(31)15-24-9-8-23(33)14-35-24/h4-9,12-14H,3,10-11,15-18H2,1-2H3/t31-/m1/s1. The highest BCUT2D eigenvalue weighted by atomic mass is 35.5. The molecule has 1 atom stereocenters. The Morgan fingerprint density at radius 2 is 1.76 bits per heavy atom. The Morgan fingerprint density at radius 3 is 2.38 bits per heavy atom. The van der Waals surface area contributed by atoms with E-state index in [4.69, 9.17) is 37.4 Å². The minimum Gasteiger partial charge on any atom is -0.464 e. The Morgan fingerprint density at radius 1 is 1.05 bits per heavy atom. The molecule has 0 spiro atoms. The zero-order valence-corrected chi connectivity index (χ0v) is 24.6. The van der Waals surface area contributed by atoms with E-state index in [1.165, 1.54) is 24.1 Å². The van der Waals surface area contributed by atoms with Gasteiger partial charge in [0.2, 0.25) is 0 Å². The minimum absolute atomic E-state index is 0.00275. The molecule has 3 aromatic rings. The SMILES string of the molecule is CCOC(=O)COCC1(CO[C@]2(c3ccc(Cl)cc3)c3c(F)cc(C(C)=O)cc3C(=O)N2Cc2ccc(Cl)cn2)CC1. The molecule has 1 aliphatic carbocycles. The summed E-state index contributed by atoms with van der Waals surface area (Å²) in [5.41, 5.74) is -1.13. The number of hydrogen-bond acceptors (Lipinski definition) is 7. The van der Waals surface area contributed by atoms with Crippen molar-refractivity contribution >= 4 is 40.9 Å². The van der Waals surface area contributed by atoms with Crippen LogP contribution in [0.15, 0.2) is 54.7 Å². The van der Waals surface area contributed by atoms with E-state index in [0.717, 1.165) is 18.9 Å². The number of Topliss-reactive ketones (excluding diaryl/α,β-unsaturated/α-hetero) is 1. The number of carbonyl (C=O) groups is 3. The monoisotopic (exact) mass is 614 g/mol. The van der Waals surface area contributed by atoms with E-state index < -0.39 is 28.8 Å². The summed E-state index contributed by atoms with van der Waals surface area (Å²) in [5.74, 6) is -2.12. The molecule has 5 rings (SSSR count). The smallest absolute Gasteiger partial charge is 0.332 e. The molecule has 8 nitrogen and oxygen atoms in total. The second kappa shape index (κ2) is 12.1. The highest BCUT2D eigenvalue weighted by Gasteiger charge is 2.56. The van der Waals surface area contributed by atoms with E-state index in [1.807, 2.05) is 0 Å². The molecule has 0 N–H and O–H groups in total. The fourth-order valence-electron chi connectivity index (χ4n) is 5.12. The summed E-state index contributed by atoms with van der Waals surface area (Å²) >= 11 is 12.3. The Bertz CT molecular complexity index is 1510. The number of amides is 1. The summed E-state index contributed by atoms with van der Waals surface area (Å²) in [6.07, 6.45) is 2.96. The topological polar surface area (TPSA) is 95.0 Å². The fraction of sp³-hybridized carbons (Fsp3) is 0.355. The van der Waals surface area contributed by atoms with Crippen molar-refractivity contribution < 1.29 is 33.0 Å². The van der Waals surface area contributed by atoms with Gasteiger partial charge in [-0.25, -0.2) is 9.18 Å². The largest absolute Gasteiger partial charge is 0.464 e. The molecule has 220 valence electrons. The molecule has 1 saturated carbocycles. The van der Waals surface area contributed by atoms with Crippen molar-refractivity contribution in [2.45, 2.75) is 39.0 Å². The van der Waals surface area contributed by atoms with Gasteiger partial charge in [0.15, 0.2) is 11.5 Å². The van der Waals surface area contributed by atoms with Crippen LogP contribution in [0.1, 0.15) is 64.2 Å².